The van der Waals surface area contributed by atoms with Crippen molar-refractivity contribution in [2.24, 2.45) is 0 Å². The number of aliphatic hydroxyl groups excluding tert-OH is 1. The fourth-order valence-corrected chi connectivity index (χ4v) is 2.22. The first-order valence-electron chi connectivity index (χ1n) is 4.85. The van der Waals surface area contributed by atoms with Gasteiger partial charge in [0.15, 0.2) is 0 Å². The van der Waals surface area contributed by atoms with Gasteiger partial charge in [-0.25, -0.2) is 4.98 Å². The molecule has 1 atom stereocenters. The lowest BCUT2D eigenvalue weighted by Gasteiger charge is -2.13. The summed E-state index contributed by atoms with van der Waals surface area (Å²) in [5, 5.41) is 13.3. The summed E-state index contributed by atoms with van der Waals surface area (Å²) in [6.07, 6.45) is 1.78. The molecule has 0 saturated heterocycles. The van der Waals surface area contributed by atoms with Crippen LogP contribution in [0.1, 0.15) is 6.92 Å². The zero-order valence-electron chi connectivity index (χ0n) is 8.61. The Balaban J connectivity index is 2.38. The molecule has 2 N–H and O–H groups in total. The number of hydrogen-bond donors (Lipinski definition) is 2. The Morgan fingerprint density at radius 3 is 2.93 bits per heavy atom. The van der Waals surface area contributed by atoms with Gasteiger partial charge in [-0.3, -0.25) is 0 Å². The van der Waals surface area contributed by atoms with Gasteiger partial charge in [-0.1, -0.05) is 6.92 Å². The van der Waals surface area contributed by atoms with Crippen molar-refractivity contribution in [3.05, 3.63) is 22.8 Å². The molecule has 3 nitrogen and oxygen atoms in total. The standard InChI is InChI=1S/C10H15BrN2OS/c1-2-12-9(6-14)7-15-10-4-3-8(11)5-13-10/h3-5,9,12,14H,2,6-7H2,1H3. The molecular formula is C10H15BrN2OS. The molecule has 0 aliphatic rings. The summed E-state index contributed by atoms with van der Waals surface area (Å²) >= 11 is 4.99. The van der Waals surface area contributed by atoms with Crippen molar-refractivity contribution in [1.82, 2.24) is 10.3 Å². The molecule has 0 aliphatic carbocycles. The molecular weight excluding hydrogens is 276 g/mol. The number of likely N-dealkylation sites (N-methyl/N-ethyl adjacent to an activating group) is 1. The highest BCUT2D eigenvalue weighted by Gasteiger charge is 2.06. The van der Waals surface area contributed by atoms with Crippen LogP contribution >= 0.6 is 27.7 Å². The van der Waals surface area contributed by atoms with Crippen molar-refractivity contribution >= 4 is 27.7 Å². The van der Waals surface area contributed by atoms with E-state index in [0.717, 1.165) is 21.8 Å². The normalized spacial score (nSPS) is 12.7. The van der Waals surface area contributed by atoms with Gasteiger partial charge in [-0.15, -0.1) is 11.8 Å². The van der Waals surface area contributed by atoms with Crippen LogP contribution < -0.4 is 5.32 Å². The van der Waals surface area contributed by atoms with Crippen molar-refractivity contribution in [2.45, 2.75) is 18.0 Å². The molecule has 1 unspecified atom stereocenters. The third-order valence-corrected chi connectivity index (χ3v) is 3.42. The second-order valence-electron chi connectivity index (χ2n) is 3.06. The van der Waals surface area contributed by atoms with Crippen LogP contribution in [0, 0.1) is 0 Å². The van der Waals surface area contributed by atoms with E-state index in [0.29, 0.717) is 0 Å². The number of rotatable bonds is 6. The fourth-order valence-electron chi connectivity index (χ4n) is 1.10. The molecule has 1 rings (SSSR count). The van der Waals surface area contributed by atoms with E-state index in [1.54, 1.807) is 18.0 Å². The summed E-state index contributed by atoms with van der Waals surface area (Å²) in [5.74, 6) is 0.832. The first-order valence-corrected chi connectivity index (χ1v) is 6.62. The van der Waals surface area contributed by atoms with Gasteiger partial charge in [-0.05, 0) is 34.6 Å². The van der Waals surface area contributed by atoms with Crippen LogP contribution in [0.3, 0.4) is 0 Å². The van der Waals surface area contributed by atoms with Crippen molar-refractivity contribution in [1.29, 1.82) is 0 Å². The maximum atomic E-state index is 9.08. The number of aromatic nitrogens is 1. The predicted molar refractivity (Wildman–Crippen MR) is 67.2 cm³/mol. The summed E-state index contributed by atoms with van der Waals surface area (Å²) in [6.45, 7) is 3.07. The number of thioether (sulfide) groups is 1. The Morgan fingerprint density at radius 1 is 1.60 bits per heavy atom. The van der Waals surface area contributed by atoms with Gasteiger partial charge in [0.25, 0.3) is 0 Å². The van der Waals surface area contributed by atoms with Crippen molar-refractivity contribution < 1.29 is 5.11 Å². The van der Waals surface area contributed by atoms with Gasteiger partial charge in [0.2, 0.25) is 0 Å². The molecule has 1 aromatic rings. The SMILES string of the molecule is CCNC(CO)CSc1ccc(Br)cn1. The predicted octanol–water partition coefficient (Wildman–Crippen LogP) is 1.91. The van der Waals surface area contributed by atoms with Gasteiger partial charge in [0, 0.05) is 22.5 Å². The molecule has 1 aromatic heterocycles. The monoisotopic (exact) mass is 290 g/mol. The molecule has 0 bridgehead atoms. The maximum absolute atomic E-state index is 9.08. The van der Waals surface area contributed by atoms with Gasteiger partial charge < -0.3 is 10.4 Å². The van der Waals surface area contributed by atoms with Gasteiger partial charge >= 0.3 is 0 Å². The minimum absolute atomic E-state index is 0.144. The highest BCUT2D eigenvalue weighted by molar-refractivity contribution is 9.10. The lowest BCUT2D eigenvalue weighted by atomic mass is 10.4. The van der Waals surface area contributed by atoms with Gasteiger partial charge in [-0.2, -0.15) is 0 Å². The summed E-state index contributed by atoms with van der Waals surface area (Å²) in [4.78, 5) is 4.25. The minimum atomic E-state index is 0.144. The Bertz CT molecular complexity index is 281. The van der Waals surface area contributed by atoms with Crippen LogP contribution in [-0.2, 0) is 0 Å². The third kappa shape index (κ3) is 4.97. The first-order chi connectivity index (χ1) is 7.26. The number of hydrogen-bond acceptors (Lipinski definition) is 4. The summed E-state index contributed by atoms with van der Waals surface area (Å²) in [6, 6.07) is 4.08. The molecule has 0 spiro atoms. The Hall–Kier alpha value is -0.100. The van der Waals surface area contributed by atoms with E-state index in [1.165, 1.54) is 0 Å². The number of nitrogens with one attached hydrogen (secondary N) is 1. The fraction of sp³-hybridized carbons (Fsp3) is 0.500. The molecule has 84 valence electrons. The zero-order valence-corrected chi connectivity index (χ0v) is 11.0. The number of pyridine rings is 1. The van der Waals surface area contributed by atoms with Crippen molar-refractivity contribution in [3.63, 3.8) is 0 Å². The van der Waals surface area contributed by atoms with Crippen molar-refractivity contribution in [3.8, 4) is 0 Å². The number of halogens is 1. The lowest BCUT2D eigenvalue weighted by molar-refractivity contribution is 0.255. The summed E-state index contributed by atoms with van der Waals surface area (Å²) in [7, 11) is 0. The Labute approximate surface area is 103 Å². The first kappa shape index (κ1) is 13.0. The van der Waals surface area contributed by atoms with Crippen LogP contribution in [0.2, 0.25) is 0 Å². The molecule has 0 saturated carbocycles. The molecule has 15 heavy (non-hydrogen) atoms. The average Bonchev–Trinajstić information content (AvgIpc) is 2.26. The largest absolute Gasteiger partial charge is 0.395 e. The quantitative estimate of drug-likeness (QED) is 0.786. The van der Waals surface area contributed by atoms with E-state index in [9.17, 15) is 0 Å². The van der Waals surface area contributed by atoms with Crippen LogP contribution in [0.25, 0.3) is 0 Å². The Morgan fingerprint density at radius 2 is 2.40 bits per heavy atom. The van der Waals surface area contributed by atoms with Crippen LogP contribution in [-0.4, -0.2) is 35.0 Å². The molecule has 0 amide bonds. The maximum Gasteiger partial charge on any atom is 0.0961 e. The van der Waals surface area contributed by atoms with E-state index in [2.05, 4.69) is 26.2 Å². The van der Waals surface area contributed by atoms with Crippen LogP contribution in [0.15, 0.2) is 27.8 Å². The molecule has 5 heteroatoms. The van der Waals surface area contributed by atoms with E-state index in [1.807, 2.05) is 19.1 Å². The zero-order chi connectivity index (χ0) is 11.1. The molecule has 1 heterocycles. The molecule has 0 radical (unpaired) electrons. The van der Waals surface area contributed by atoms with Crippen molar-refractivity contribution in [2.75, 3.05) is 18.9 Å². The van der Waals surface area contributed by atoms with E-state index in [4.69, 9.17) is 5.11 Å². The highest BCUT2D eigenvalue weighted by Crippen LogP contribution is 2.18. The summed E-state index contributed by atoms with van der Waals surface area (Å²) in [5.41, 5.74) is 0. The lowest BCUT2D eigenvalue weighted by Crippen LogP contribution is -2.34. The van der Waals surface area contributed by atoms with Gasteiger partial charge in [0.1, 0.15) is 0 Å². The number of aliphatic hydroxyl groups is 1. The highest BCUT2D eigenvalue weighted by atomic mass is 79.9. The second-order valence-corrected chi connectivity index (χ2v) is 5.02. The van der Waals surface area contributed by atoms with E-state index >= 15 is 0 Å². The second kappa shape index (κ2) is 7.22. The van der Waals surface area contributed by atoms with Gasteiger partial charge in [0.05, 0.1) is 11.6 Å². The summed E-state index contributed by atoms with van der Waals surface area (Å²) < 4.78 is 0.984. The molecule has 0 aromatic carbocycles. The van der Waals surface area contributed by atoms with Crippen LogP contribution in [0.4, 0.5) is 0 Å². The number of nitrogens with zero attached hydrogens (tertiary/aromatic N) is 1. The minimum Gasteiger partial charge on any atom is -0.395 e. The molecule has 0 fully saturated rings. The smallest absolute Gasteiger partial charge is 0.0961 e. The third-order valence-electron chi connectivity index (χ3n) is 1.85. The average molecular weight is 291 g/mol. The Kier molecular flexibility index (Phi) is 6.24. The molecule has 0 aliphatic heterocycles. The van der Waals surface area contributed by atoms with E-state index < -0.39 is 0 Å². The van der Waals surface area contributed by atoms with E-state index in [-0.39, 0.29) is 12.6 Å². The van der Waals surface area contributed by atoms with Crippen LogP contribution in [0.5, 0.6) is 0 Å². The topological polar surface area (TPSA) is 45.1 Å².